The number of ether oxygens (including phenoxy) is 2. The Morgan fingerprint density at radius 1 is 1.29 bits per heavy atom. The Bertz CT molecular complexity index is 806. The lowest BCUT2D eigenvalue weighted by atomic mass is 10.0. The molecule has 2 aromatic rings. The maximum atomic E-state index is 12.2. The van der Waals surface area contributed by atoms with Gasteiger partial charge in [0.05, 0.1) is 32.1 Å². The van der Waals surface area contributed by atoms with Gasteiger partial charge in [-0.3, -0.25) is 4.79 Å². The van der Waals surface area contributed by atoms with Gasteiger partial charge in [-0.1, -0.05) is 0 Å². The summed E-state index contributed by atoms with van der Waals surface area (Å²) in [6.07, 6.45) is 3.77. The van der Waals surface area contributed by atoms with Gasteiger partial charge in [0.15, 0.2) is 0 Å². The molecule has 1 atom stereocenters. The van der Waals surface area contributed by atoms with E-state index in [1.807, 2.05) is 18.2 Å². The van der Waals surface area contributed by atoms with E-state index in [9.17, 15) is 4.79 Å². The second kappa shape index (κ2) is 6.84. The zero-order valence-corrected chi connectivity index (χ0v) is 15.5. The van der Waals surface area contributed by atoms with Crippen LogP contribution in [0, 0.1) is 0 Å². The van der Waals surface area contributed by atoms with Crippen molar-refractivity contribution in [3.8, 4) is 11.5 Å². The van der Waals surface area contributed by atoms with Crippen LogP contribution >= 0.6 is 15.9 Å². The van der Waals surface area contributed by atoms with E-state index in [1.165, 1.54) is 4.68 Å². The number of aromatic nitrogens is 2. The highest BCUT2D eigenvalue weighted by atomic mass is 79.9. The van der Waals surface area contributed by atoms with Gasteiger partial charge in [-0.25, -0.2) is 4.68 Å². The molecule has 0 bridgehead atoms. The molecule has 0 saturated carbocycles. The molecule has 1 aliphatic heterocycles. The van der Waals surface area contributed by atoms with Crippen LogP contribution in [0.15, 0.2) is 33.7 Å². The normalized spacial score (nSPS) is 17.2. The van der Waals surface area contributed by atoms with Gasteiger partial charge >= 0.3 is 0 Å². The molecule has 1 fully saturated rings. The number of hydrogen-bond acceptors (Lipinski definition) is 5. The molecule has 1 aromatic carbocycles. The number of nitrogens with zero attached hydrogens (tertiary/aromatic N) is 3. The number of halogens is 1. The van der Waals surface area contributed by atoms with Crippen LogP contribution in [0.1, 0.15) is 24.4 Å². The fourth-order valence-corrected chi connectivity index (χ4v) is 3.76. The average Bonchev–Trinajstić information content (AvgIpc) is 3.08. The minimum Gasteiger partial charge on any atom is -0.497 e. The summed E-state index contributed by atoms with van der Waals surface area (Å²) in [6, 6.07) is 5.99. The van der Waals surface area contributed by atoms with Crippen molar-refractivity contribution in [2.45, 2.75) is 18.9 Å². The molecule has 7 heteroatoms. The summed E-state index contributed by atoms with van der Waals surface area (Å²) in [5, 5.41) is 4.16. The van der Waals surface area contributed by atoms with Crippen LogP contribution < -0.4 is 19.9 Å². The molecule has 2 heterocycles. The first-order chi connectivity index (χ1) is 11.6. The van der Waals surface area contributed by atoms with E-state index >= 15 is 0 Å². The second-order valence-electron chi connectivity index (χ2n) is 5.73. The van der Waals surface area contributed by atoms with Crippen molar-refractivity contribution in [3.63, 3.8) is 0 Å². The van der Waals surface area contributed by atoms with Crippen molar-refractivity contribution in [2.75, 3.05) is 25.7 Å². The molecule has 0 spiro atoms. The summed E-state index contributed by atoms with van der Waals surface area (Å²) in [6.45, 7) is 0.868. The third-order valence-corrected chi connectivity index (χ3v) is 5.17. The number of rotatable bonds is 4. The van der Waals surface area contributed by atoms with E-state index in [-0.39, 0.29) is 11.6 Å². The number of aryl methyl sites for hydroxylation is 1. The van der Waals surface area contributed by atoms with E-state index in [0.29, 0.717) is 4.47 Å². The maximum Gasteiger partial charge on any atom is 0.282 e. The highest BCUT2D eigenvalue weighted by Crippen LogP contribution is 2.42. The summed E-state index contributed by atoms with van der Waals surface area (Å²) in [7, 11) is 4.94. The van der Waals surface area contributed by atoms with Crippen LogP contribution in [0.2, 0.25) is 0 Å². The Hall–Kier alpha value is -2.02. The molecular formula is C17H20BrN3O3. The average molecular weight is 394 g/mol. The largest absolute Gasteiger partial charge is 0.497 e. The second-order valence-corrected chi connectivity index (χ2v) is 6.52. The van der Waals surface area contributed by atoms with Crippen LogP contribution in [0.3, 0.4) is 0 Å². The lowest BCUT2D eigenvalue weighted by Gasteiger charge is -2.28. The van der Waals surface area contributed by atoms with Crippen LogP contribution in [0.5, 0.6) is 11.5 Å². The highest BCUT2D eigenvalue weighted by molar-refractivity contribution is 9.10. The summed E-state index contributed by atoms with van der Waals surface area (Å²) < 4.78 is 12.7. The lowest BCUT2D eigenvalue weighted by Crippen LogP contribution is -2.28. The molecule has 6 nitrogen and oxygen atoms in total. The van der Waals surface area contributed by atoms with E-state index in [0.717, 1.165) is 42.1 Å². The Morgan fingerprint density at radius 2 is 2.08 bits per heavy atom. The van der Waals surface area contributed by atoms with Gasteiger partial charge in [0.2, 0.25) is 0 Å². The van der Waals surface area contributed by atoms with Gasteiger partial charge in [0.1, 0.15) is 16.0 Å². The highest BCUT2D eigenvalue weighted by Gasteiger charge is 2.30. The number of benzene rings is 1. The molecule has 1 saturated heterocycles. The van der Waals surface area contributed by atoms with Crippen molar-refractivity contribution < 1.29 is 9.47 Å². The van der Waals surface area contributed by atoms with Crippen LogP contribution in [0.25, 0.3) is 0 Å². The molecule has 0 N–H and O–H groups in total. The fourth-order valence-electron chi connectivity index (χ4n) is 3.17. The Labute approximate surface area is 149 Å². The van der Waals surface area contributed by atoms with Crippen LogP contribution in [-0.4, -0.2) is 30.5 Å². The number of methoxy groups -OCH3 is 2. The maximum absolute atomic E-state index is 12.2. The third kappa shape index (κ3) is 2.88. The molecular weight excluding hydrogens is 374 g/mol. The van der Waals surface area contributed by atoms with E-state index in [1.54, 1.807) is 27.5 Å². The zero-order valence-electron chi connectivity index (χ0n) is 14.0. The Morgan fingerprint density at radius 3 is 2.79 bits per heavy atom. The molecule has 0 radical (unpaired) electrons. The Balaban J connectivity index is 2.03. The van der Waals surface area contributed by atoms with Crippen molar-refractivity contribution in [3.05, 3.63) is 44.8 Å². The predicted octanol–water partition coefficient (Wildman–Crippen LogP) is 2.90. The first-order valence-corrected chi connectivity index (χ1v) is 8.56. The van der Waals surface area contributed by atoms with E-state index in [4.69, 9.17) is 9.47 Å². The fraction of sp³-hybridized carbons (Fsp3) is 0.412. The topological polar surface area (TPSA) is 56.6 Å². The first-order valence-electron chi connectivity index (χ1n) is 7.77. The van der Waals surface area contributed by atoms with Gasteiger partial charge in [-0.2, -0.15) is 5.10 Å². The Kier molecular flexibility index (Phi) is 4.80. The van der Waals surface area contributed by atoms with Crippen molar-refractivity contribution >= 4 is 21.6 Å². The molecule has 3 rings (SSSR count). The minimum absolute atomic E-state index is 0.135. The molecule has 128 valence electrons. The van der Waals surface area contributed by atoms with Gasteiger partial charge in [0.25, 0.3) is 5.56 Å². The molecule has 0 amide bonds. The van der Waals surface area contributed by atoms with Gasteiger partial charge in [0, 0.05) is 25.2 Å². The smallest absolute Gasteiger partial charge is 0.282 e. The number of hydrogen-bond donors (Lipinski definition) is 0. The van der Waals surface area contributed by atoms with Crippen LogP contribution in [0.4, 0.5) is 5.69 Å². The van der Waals surface area contributed by atoms with Crippen molar-refractivity contribution in [1.82, 2.24) is 9.78 Å². The van der Waals surface area contributed by atoms with Crippen molar-refractivity contribution in [2.24, 2.45) is 7.05 Å². The summed E-state index contributed by atoms with van der Waals surface area (Å²) in [5.74, 6) is 1.55. The molecule has 0 aliphatic carbocycles. The molecule has 1 aliphatic rings. The first kappa shape index (κ1) is 16.8. The van der Waals surface area contributed by atoms with E-state index in [2.05, 4.69) is 25.9 Å². The molecule has 24 heavy (non-hydrogen) atoms. The number of anilines is 1. The quantitative estimate of drug-likeness (QED) is 0.798. The van der Waals surface area contributed by atoms with Gasteiger partial charge in [-0.05, 0) is 40.9 Å². The van der Waals surface area contributed by atoms with Crippen molar-refractivity contribution in [1.29, 1.82) is 0 Å². The zero-order chi connectivity index (χ0) is 17.3. The third-order valence-electron chi connectivity index (χ3n) is 4.42. The minimum atomic E-state index is -0.139. The van der Waals surface area contributed by atoms with E-state index < -0.39 is 0 Å². The molecule has 1 unspecified atom stereocenters. The molecule has 1 aromatic heterocycles. The van der Waals surface area contributed by atoms with Gasteiger partial charge in [-0.15, -0.1) is 0 Å². The summed E-state index contributed by atoms with van der Waals surface area (Å²) >= 11 is 3.43. The monoisotopic (exact) mass is 393 g/mol. The SMILES string of the molecule is COc1ccc(C2CCCN2c2cnn(C)c(=O)c2Br)c(OC)c1. The summed E-state index contributed by atoms with van der Waals surface area (Å²) in [4.78, 5) is 14.4. The van der Waals surface area contributed by atoms with Gasteiger partial charge < -0.3 is 14.4 Å². The standard InChI is InChI=1S/C17H20BrN3O3/c1-20-17(22)16(18)14(10-19-20)21-8-4-5-13(21)12-7-6-11(23-2)9-15(12)24-3/h6-7,9-10,13H,4-5,8H2,1-3H3. The predicted molar refractivity (Wildman–Crippen MR) is 96.0 cm³/mol. The summed E-state index contributed by atoms with van der Waals surface area (Å²) in [5.41, 5.74) is 1.77. The van der Waals surface area contributed by atoms with Crippen LogP contribution in [-0.2, 0) is 7.05 Å². The lowest BCUT2D eigenvalue weighted by molar-refractivity contribution is 0.388.